The van der Waals surface area contributed by atoms with Crippen LogP contribution in [0.2, 0.25) is 0 Å². The van der Waals surface area contributed by atoms with Gasteiger partial charge in [-0.1, -0.05) is 24.3 Å². The first-order valence-electron chi connectivity index (χ1n) is 5.87. The van der Waals surface area contributed by atoms with Crippen molar-refractivity contribution in [1.29, 1.82) is 0 Å². The molecule has 0 fully saturated rings. The fourth-order valence-corrected chi connectivity index (χ4v) is 2.81. The molecule has 0 aliphatic carbocycles. The Bertz CT molecular complexity index is 604. The predicted molar refractivity (Wildman–Crippen MR) is 76.1 cm³/mol. The Morgan fingerprint density at radius 2 is 1.45 bits per heavy atom. The van der Waals surface area contributed by atoms with Crippen LogP contribution >= 0.6 is 0 Å². The van der Waals surface area contributed by atoms with Gasteiger partial charge in [0.25, 0.3) is 0 Å². The Labute approximate surface area is 143 Å². The number of hydrogen-bond donors (Lipinski definition) is 0. The minimum absolute atomic E-state index is 0. The van der Waals surface area contributed by atoms with E-state index in [-0.39, 0.29) is 34.5 Å². The van der Waals surface area contributed by atoms with Crippen molar-refractivity contribution in [2.45, 2.75) is 24.2 Å². The molecule has 0 N–H and O–H groups in total. The van der Waals surface area contributed by atoms with Crippen LogP contribution < -0.4 is 29.6 Å². The van der Waals surface area contributed by atoms with Crippen LogP contribution in [0.5, 0.6) is 0 Å². The summed E-state index contributed by atoms with van der Waals surface area (Å²) in [6, 6.07) is 3.03. The summed E-state index contributed by atoms with van der Waals surface area (Å²) in [5, 5.41) is 0. The summed E-state index contributed by atoms with van der Waals surface area (Å²) in [6.45, 7) is 11.0. The standard InChI is InChI=1S/C15H18O3S.Na/c1-4-7-12-10-11-15(19(16,17)18)14(9-6-3)13(12)8-5-2;/h4-6,10-11H,1-3,7-9H2,(H,16,17,18);/q;+1/p-1. The van der Waals surface area contributed by atoms with Gasteiger partial charge in [-0.3, -0.25) is 0 Å². The molecule has 0 spiro atoms. The van der Waals surface area contributed by atoms with E-state index < -0.39 is 10.1 Å². The Balaban J connectivity index is 0.00000361. The third-order valence-corrected chi connectivity index (χ3v) is 3.74. The van der Waals surface area contributed by atoms with E-state index in [4.69, 9.17) is 0 Å². The van der Waals surface area contributed by atoms with Crippen molar-refractivity contribution in [3.05, 3.63) is 66.8 Å². The molecule has 0 amide bonds. The predicted octanol–water partition coefficient (Wildman–Crippen LogP) is -0.220. The summed E-state index contributed by atoms with van der Waals surface area (Å²) >= 11 is 0. The molecule has 3 nitrogen and oxygen atoms in total. The molecule has 0 atom stereocenters. The van der Waals surface area contributed by atoms with Crippen LogP contribution in [0.25, 0.3) is 0 Å². The Hall–Kier alpha value is -0.650. The molecule has 102 valence electrons. The van der Waals surface area contributed by atoms with Gasteiger partial charge < -0.3 is 4.55 Å². The topological polar surface area (TPSA) is 57.2 Å². The Kier molecular flexibility index (Phi) is 8.32. The summed E-state index contributed by atoms with van der Waals surface area (Å²) in [5.74, 6) is 0. The third-order valence-electron chi connectivity index (χ3n) is 2.82. The number of benzene rings is 1. The number of rotatable bonds is 7. The van der Waals surface area contributed by atoms with Crippen molar-refractivity contribution >= 4 is 10.1 Å². The number of allylic oxidation sites excluding steroid dienone is 3. The second kappa shape index (κ2) is 8.60. The van der Waals surface area contributed by atoms with Crippen LogP contribution in [-0.2, 0) is 29.4 Å². The van der Waals surface area contributed by atoms with E-state index in [0.29, 0.717) is 24.8 Å². The maximum absolute atomic E-state index is 11.3. The minimum Gasteiger partial charge on any atom is -0.744 e. The van der Waals surface area contributed by atoms with Gasteiger partial charge in [0.1, 0.15) is 10.1 Å². The van der Waals surface area contributed by atoms with E-state index in [1.54, 1.807) is 24.3 Å². The van der Waals surface area contributed by atoms with Crippen molar-refractivity contribution in [2.24, 2.45) is 0 Å². The monoisotopic (exact) mass is 300 g/mol. The molecule has 5 heteroatoms. The normalized spacial score (nSPS) is 10.4. The summed E-state index contributed by atoms with van der Waals surface area (Å²) in [7, 11) is -4.49. The van der Waals surface area contributed by atoms with Crippen molar-refractivity contribution in [2.75, 3.05) is 0 Å². The molecule has 20 heavy (non-hydrogen) atoms. The maximum Gasteiger partial charge on any atom is 1.00 e. The van der Waals surface area contributed by atoms with Crippen molar-refractivity contribution < 1.29 is 42.5 Å². The van der Waals surface area contributed by atoms with E-state index >= 15 is 0 Å². The minimum atomic E-state index is -4.49. The molecule has 1 rings (SSSR count). The van der Waals surface area contributed by atoms with Crippen molar-refractivity contribution in [3.8, 4) is 0 Å². The van der Waals surface area contributed by atoms with Gasteiger partial charge in [0, 0.05) is 0 Å². The first-order chi connectivity index (χ1) is 8.95. The average Bonchev–Trinajstić information content (AvgIpc) is 2.32. The third kappa shape index (κ3) is 4.72. The molecule has 0 heterocycles. The van der Waals surface area contributed by atoms with Gasteiger partial charge in [-0.2, -0.15) is 0 Å². The fourth-order valence-electron chi connectivity index (χ4n) is 2.07. The zero-order valence-electron chi connectivity index (χ0n) is 11.8. The molecule has 0 aliphatic heterocycles. The van der Waals surface area contributed by atoms with Gasteiger partial charge in [0.15, 0.2) is 0 Å². The van der Waals surface area contributed by atoms with Crippen LogP contribution in [0.3, 0.4) is 0 Å². The van der Waals surface area contributed by atoms with E-state index in [1.807, 2.05) is 0 Å². The Morgan fingerprint density at radius 3 is 1.90 bits per heavy atom. The van der Waals surface area contributed by atoms with E-state index in [0.717, 1.165) is 11.1 Å². The SMILES string of the molecule is C=CCc1ccc(S(=O)(=O)[O-])c(CC=C)c1CC=C.[Na+]. The van der Waals surface area contributed by atoms with Crippen LogP contribution in [0, 0.1) is 0 Å². The van der Waals surface area contributed by atoms with Crippen molar-refractivity contribution in [3.63, 3.8) is 0 Å². The molecule has 1 aromatic carbocycles. The van der Waals surface area contributed by atoms with Crippen molar-refractivity contribution in [1.82, 2.24) is 0 Å². The summed E-state index contributed by atoms with van der Waals surface area (Å²) in [6.07, 6.45) is 6.49. The summed E-state index contributed by atoms with van der Waals surface area (Å²) < 4.78 is 34.0. The fraction of sp³-hybridized carbons (Fsp3) is 0.200. The van der Waals surface area contributed by atoms with Gasteiger partial charge in [-0.15, -0.1) is 19.7 Å². The van der Waals surface area contributed by atoms with Crippen LogP contribution in [0.15, 0.2) is 55.0 Å². The first-order valence-corrected chi connectivity index (χ1v) is 7.28. The zero-order valence-corrected chi connectivity index (χ0v) is 14.6. The van der Waals surface area contributed by atoms with Crippen LogP contribution in [0.1, 0.15) is 16.7 Å². The number of hydrogen-bond acceptors (Lipinski definition) is 3. The van der Waals surface area contributed by atoms with Gasteiger partial charge in [0.05, 0.1) is 4.90 Å². The van der Waals surface area contributed by atoms with Gasteiger partial charge in [-0.05, 0) is 42.0 Å². The molecule has 0 aliphatic rings. The van der Waals surface area contributed by atoms with E-state index in [9.17, 15) is 13.0 Å². The molecular weight excluding hydrogens is 283 g/mol. The molecule has 1 aromatic rings. The quantitative estimate of drug-likeness (QED) is 0.397. The molecule has 0 radical (unpaired) electrons. The first kappa shape index (κ1) is 19.4. The smallest absolute Gasteiger partial charge is 0.744 e. The average molecular weight is 300 g/mol. The molecule has 0 unspecified atom stereocenters. The van der Waals surface area contributed by atoms with E-state index in [1.165, 1.54) is 6.07 Å². The molecule has 0 bridgehead atoms. The molecule has 0 aromatic heterocycles. The summed E-state index contributed by atoms with van der Waals surface area (Å²) in [5.41, 5.74) is 2.30. The molecular formula is C15H17NaO3S. The molecule has 0 saturated heterocycles. The van der Waals surface area contributed by atoms with Gasteiger partial charge in [0.2, 0.25) is 0 Å². The Morgan fingerprint density at radius 1 is 0.950 bits per heavy atom. The van der Waals surface area contributed by atoms with Gasteiger partial charge >= 0.3 is 29.6 Å². The van der Waals surface area contributed by atoms with E-state index in [2.05, 4.69) is 19.7 Å². The molecule has 0 saturated carbocycles. The second-order valence-corrected chi connectivity index (χ2v) is 5.46. The maximum atomic E-state index is 11.3. The zero-order chi connectivity index (χ0) is 14.5. The largest absolute Gasteiger partial charge is 1.00 e. The van der Waals surface area contributed by atoms with Crippen LogP contribution in [0.4, 0.5) is 0 Å². The summed E-state index contributed by atoms with van der Waals surface area (Å²) in [4.78, 5) is -0.169. The van der Waals surface area contributed by atoms with Gasteiger partial charge in [-0.25, -0.2) is 8.42 Å². The van der Waals surface area contributed by atoms with Crippen LogP contribution in [-0.4, -0.2) is 13.0 Å². The second-order valence-electron chi connectivity index (χ2n) is 4.11.